The molecule has 0 aromatic carbocycles. The molecule has 0 radical (unpaired) electrons. The van der Waals surface area contributed by atoms with Gasteiger partial charge in [-0.2, -0.15) is 0 Å². The molecule has 0 saturated carbocycles. The molecule has 1 heterocycles. The summed E-state index contributed by atoms with van der Waals surface area (Å²) in [4.78, 5) is 20.6. The molecular formula is C10H11Cl2N3O3S. The number of carbonyl (C=O) groups is 1. The number of aromatic nitrogens is 1. The predicted octanol–water partition coefficient (Wildman–Crippen LogP) is 2.33. The predicted molar refractivity (Wildman–Crippen MR) is 75.4 cm³/mol. The van der Waals surface area contributed by atoms with Crippen LogP contribution in [0, 0.1) is 0 Å². The van der Waals surface area contributed by atoms with Crippen molar-refractivity contribution < 1.29 is 14.4 Å². The van der Waals surface area contributed by atoms with Crippen LogP contribution in [0.25, 0.3) is 0 Å². The van der Waals surface area contributed by atoms with Crippen LogP contribution in [-0.4, -0.2) is 29.9 Å². The molecule has 6 nitrogen and oxygen atoms in total. The first-order valence-corrected chi connectivity index (χ1v) is 6.77. The summed E-state index contributed by atoms with van der Waals surface area (Å²) in [5.41, 5.74) is 5.73. The number of halogens is 2. The minimum Gasteiger partial charge on any atom is -0.461 e. The highest BCUT2D eigenvalue weighted by Crippen LogP contribution is 2.13. The van der Waals surface area contributed by atoms with Crippen LogP contribution in [0.5, 0.6) is 0 Å². The monoisotopic (exact) mass is 323 g/mol. The minimum absolute atomic E-state index is 0.0187. The van der Waals surface area contributed by atoms with Crippen molar-refractivity contribution in [2.75, 3.05) is 18.9 Å². The second-order valence-electron chi connectivity index (χ2n) is 3.02. The molecule has 1 rings (SSSR count). The van der Waals surface area contributed by atoms with Crippen LogP contribution in [0.3, 0.4) is 0 Å². The maximum Gasteiger partial charge on any atom is 0.362 e. The van der Waals surface area contributed by atoms with Gasteiger partial charge in [0.05, 0.1) is 6.61 Å². The smallest absolute Gasteiger partial charge is 0.362 e. The first-order chi connectivity index (χ1) is 9.04. The highest BCUT2D eigenvalue weighted by molar-refractivity contribution is 7.13. The molecule has 19 heavy (non-hydrogen) atoms. The Morgan fingerprint density at radius 1 is 1.63 bits per heavy atom. The molecular weight excluding hydrogens is 313 g/mol. The van der Waals surface area contributed by atoms with Gasteiger partial charge in [0.1, 0.15) is 16.8 Å². The van der Waals surface area contributed by atoms with Gasteiger partial charge in [-0.3, -0.25) is 0 Å². The van der Waals surface area contributed by atoms with Gasteiger partial charge in [0, 0.05) is 5.38 Å². The van der Waals surface area contributed by atoms with Crippen molar-refractivity contribution in [3.05, 3.63) is 21.6 Å². The molecule has 0 spiro atoms. The van der Waals surface area contributed by atoms with Crippen molar-refractivity contribution in [2.24, 2.45) is 5.16 Å². The normalized spacial score (nSPS) is 11.0. The van der Waals surface area contributed by atoms with Gasteiger partial charge in [0.2, 0.25) is 5.71 Å². The molecule has 1 aromatic rings. The van der Waals surface area contributed by atoms with E-state index in [0.717, 1.165) is 0 Å². The van der Waals surface area contributed by atoms with E-state index in [-0.39, 0.29) is 23.4 Å². The summed E-state index contributed by atoms with van der Waals surface area (Å²) in [6.45, 7) is 1.91. The topological polar surface area (TPSA) is 86.8 Å². The summed E-state index contributed by atoms with van der Waals surface area (Å²) >= 11 is 12.0. The Morgan fingerprint density at radius 2 is 2.37 bits per heavy atom. The fourth-order valence-electron chi connectivity index (χ4n) is 0.987. The van der Waals surface area contributed by atoms with Crippen LogP contribution in [0.2, 0.25) is 0 Å². The Balaban J connectivity index is 2.83. The third-order valence-corrected chi connectivity index (χ3v) is 2.68. The number of oxime groups is 1. The molecule has 0 aliphatic rings. The average Bonchev–Trinajstić information content (AvgIpc) is 2.75. The van der Waals surface area contributed by atoms with Crippen LogP contribution in [0.1, 0.15) is 12.6 Å². The number of nitrogens with two attached hydrogens (primary N) is 1. The van der Waals surface area contributed by atoms with Gasteiger partial charge in [0.25, 0.3) is 0 Å². The summed E-state index contributed by atoms with van der Waals surface area (Å²) in [6.07, 6.45) is 1.38. The van der Waals surface area contributed by atoms with Gasteiger partial charge in [-0.05, 0) is 13.0 Å². The number of rotatable bonds is 6. The highest BCUT2D eigenvalue weighted by Gasteiger charge is 2.19. The van der Waals surface area contributed by atoms with Gasteiger partial charge in [-0.15, -0.1) is 11.3 Å². The molecule has 0 bridgehead atoms. The lowest BCUT2D eigenvalue weighted by atomic mass is 10.3. The van der Waals surface area contributed by atoms with E-state index in [0.29, 0.717) is 10.8 Å². The lowest BCUT2D eigenvalue weighted by molar-refractivity contribution is -0.135. The van der Waals surface area contributed by atoms with Crippen LogP contribution < -0.4 is 5.73 Å². The molecule has 0 aliphatic heterocycles. The molecule has 0 fully saturated rings. The summed E-state index contributed by atoms with van der Waals surface area (Å²) in [6, 6.07) is 0. The lowest BCUT2D eigenvalue weighted by Crippen LogP contribution is -2.19. The van der Waals surface area contributed by atoms with Crippen molar-refractivity contribution in [1.29, 1.82) is 0 Å². The molecule has 104 valence electrons. The Bertz CT molecular complexity index is 498. The molecule has 0 aliphatic carbocycles. The highest BCUT2D eigenvalue weighted by atomic mass is 35.5. The zero-order chi connectivity index (χ0) is 14.3. The summed E-state index contributed by atoms with van der Waals surface area (Å²) in [5.74, 6) is -0.645. The molecule has 9 heteroatoms. The first-order valence-electron chi connectivity index (χ1n) is 5.14. The number of ether oxygens (including phenoxy) is 1. The Labute approximate surface area is 123 Å². The number of nitrogens with zero attached hydrogens (tertiary/aromatic N) is 2. The SMILES string of the molecule is CCOC(=O)C(=NOCC=C(Cl)Cl)c1csc(N)n1. The number of nitrogen functional groups attached to an aromatic ring is 1. The standard InChI is InChI=1S/C10H11Cl2N3O3S/c1-2-17-9(16)8(6-5-19-10(13)14-6)15-18-4-3-7(11)12/h3,5H,2,4H2,1H3,(H2,13,14). The number of carbonyl (C=O) groups excluding carboxylic acids is 1. The van der Waals surface area contributed by atoms with Crippen molar-refractivity contribution in [3.8, 4) is 0 Å². The lowest BCUT2D eigenvalue weighted by Gasteiger charge is -2.03. The van der Waals surface area contributed by atoms with E-state index in [1.807, 2.05) is 0 Å². The molecule has 2 N–H and O–H groups in total. The van der Waals surface area contributed by atoms with Crippen molar-refractivity contribution in [1.82, 2.24) is 4.98 Å². The third-order valence-electron chi connectivity index (χ3n) is 1.70. The maximum atomic E-state index is 11.7. The number of hydrogen-bond acceptors (Lipinski definition) is 7. The van der Waals surface area contributed by atoms with Crippen LogP contribution >= 0.6 is 34.5 Å². The van der Waals surface area contributed by atoms with Crippen molar-refractivity contribution >= 4 is 51.4 Å². The fourth-order valence-corrected chi connectivity index (χ4v) is 1.66. The summed E-state index contributed by atoms with van der Waals surface area (Å²) < 4.78 is 4.90. The third kappa shape index (κ3) is 5.46. The van der Waals surface area contributed by atoms with Crippen LogP contribution in [-0.2, 0) is 14.4 Å². The molecule has 0 saturated heterocycles. The Hall–Kier alpha value is -1.31. The summed E-state index contributed by atoms with van der Waals surface area (Å²) in [5, 5.41) is 5.56. The second-order valence-corrected chi connectivity index (χ2v) is 4.92. The van der Waals surface area contributed by atoms with E-state index < -0.39 is 5.97 Å². The molecule has 0 amide bonds. The van der Waals surface area contributed by atoms with E-state index in [1.165, 1.54) is 17.4 Å². The zero-order valence-corrected chi connectivity index (χ0v) is 12.3. The number of hydrogen-bond donors (Lipinski definition) is 1. The summed E-state index contributed by atoms with van der Waals surface area (Å²) in [7, 11) is 0. The number of esters is 1. The maximum absolute atomic E-state index is 11.7. The molecule has 1 aromatic heterocycles. The van der Waals surface area contributed by atoms with E-state index in [9.17, 15) is 4.79 Å². The van der Waals surface area contributed by atoms with Crippen molar-refractivity contribution in [3.63, 3.8) is 0 Å². The number of anilines is 1. The van der Waals surface area contributed by atoms with E-state index in [2.05, 4.69) is 10.1 Å². The second kappa shape index (κ2) is 7.98. The van der Waals surface area contributed by atoms with E-state index >= 15 is 0 Å². The Morgan fingerprint density at radius 3 is 2.89 bits per heavy atom. The largest absolute Gasteiger partial charge is 0.461 e. The van der Waals surface area contributed by atoms with Gasteiger partial charge in [-0.25, -0.2) is 9.78 Å². The van der Waals surface area contributed by atoms with Crippen LogP contribution in [0.15, 0.2) is 21.1 Å². The Kier molecular flexibility index (Phi) is 6.61. The van der Waals surface area contributed by atoms with Crippen molar-refractivity contribution in [2.45, 2.75) is 6.92 Å². The quantitative estimate of drug-likeness (QED) is 0.376. The number of thiazole rings is 1. The van der Waals surface area contributed by atoms with E-state index in [1.54, 1.807) is 12.3 Å². The van der Waals surface area contributed by atoms with Gasteiger partial charge in [-0.1, -0.05) is 28.4 Å². The minimum atomic E-state index is -0.645. The fraction of sp³-hybridized carbons (Fsp3) is 0.300. The van der Waals surface area contributed by atoms with Crippen LogP contribution in [0.4, 0.5) is 5.13 Å². The van der Waals surface area contributed by atoms with Gasteiger partial charge in [0.15, 0.2) is 5.13 Å². The zero-order valence-electron chi connectivity index (χ0n) is 9.93. The van der Waals surface area contributed by atoms with Gasteiger partial charge >= 0.3 is 5.97 Å². The molecule has 0 atom stereocenters. The molecule has 0 unspecified atom stereocenters. The average molecular weight is 324 g/mol. The van der Waals surface area contributed by atoms with E-state index in [4.69, 9.17) is 38.5 Å². The van der Waals surface area contributed by atoms with Gasteiger partial charge < -0.3 is 15.3 Å². The first kappa shape index (κ1) is 15.7.